The smallest absolute Gasteiger partial charge is 0.280 e. The number of nitrogens with one attached hydrogen (secondary N) is 1. The Kier molecular flexibility index (Phi) is 7.00. The first-order valence-corrected chi connectivity index (χ1v) is 11.3. The molecule has 0 spiro atoms. The monoisotopic (exact) mass is 460 g/mol. The molecule has 1 saturated heterocycles. The summed E-state index contributed by atoms with van der Waals surface area (Å²) >= 11 is 1.39. The number of thioether (sulfide) groups is 1. The van der Waals surface area contributed by atoms with E-state index >= 15 is 0 Å². The molecule has 7 heteroatoms. The van der Waals surface area contributed by atoms with E-state index in [4.69, 9.17) is 9.47 Å². The molecule has 0 bridgehead atoms. The van der Waals surface area contributed by atoms with Gasteiger partial charge in [-0.15, -0.1) is 0 Å². The molecule has 1 aliphatic rings. The van der Waals surface area contributed by atoms with Crippen molar-refractivity contribution in [1.82, 2.24) is 10.4 Å². The zero-order chi connectivity index (χ0) is 23.2. The Bertz CT molecular complexity index is 1160. The molecule has 6 nitrogen and oxygen atoms in total. The highest BCUT2D eigenvalue weighted by Gasteiger charge is 2.38. The van der Waals surface area contributed by atoms with Crippen LogP contribution >= 0.6 is 11.8 Å². The van der Waals surface area contributed by atoms with Gasteiger partial charge < -0.3 is 9.47 Å². The maximum Gasteiger partial charge on any atom is 0.280 e. The molecule has 0 unspecified atom stereocenters. The van der Waals surface area contributed by atoms with E-state index in [2.05, 4.69) is 5.43 Å². The van der Waals surface area contributed by atoms with Gasteiger partial charge in [-0.2, -0.15) is 0 Å². The van der Waals surface area contributed by atoms with Crippen LogP contribution in [0.25, 0.3) is 6.08 Å². The lowest BCUT2D eigenvalue weighted by Crippen LogP contribution is -2.44. The van der Waals surface area contributed by atoms with Crippen molar-refractivity contribution in [2.24, 2.45) is 0 Å². The summed E-state index contributed by atoms with van der Waals surface area (Å²) in [5, 5.41) is 1.00. The van der Waals surface area contributed by atoms with Crippen LogP contribution in [-0.2, 0) is 16.0 Å². The second-order valence-electron chi connectivity index (χ2n) is 7.40. The number of hydrogen-bond donors (Lipinski definition) is 1. The standard InChI is InChI=1S/C26H24N2O4S/c1-31-21-13-11-20(12-14-21)26-28(27-24(29)17-18-7-4-3-5-8-18)25(30)23(33-26)16-19-9-6-10-22(15-19)32-2/h3-16,26H,17H2,1-2H3,(H,27,29)/b23-16-/t26-/m1/s1. The van der Waals surface area contributed by atoms with E-state index in [9.17, 15) is 9.59 Å². The largest absolute Gasteiger partial charge is 0.497 e. The lowest BCUT2D eigenvalue weighted by molar-refractivity contribution is -0.137. The summed E-state index contributed by atoms with van der Waals surface area (Å²) in [6, 6.07) is 24.4. The number of benzene rings is 3. The van der Waals surface area contributed by atoms with Crippen LogP contribution in [0.1, 0.15) is 22.1 Å². The summed E-state index contributed by atoms with van der Waals surface area (Å²) in [4.78, 5) is 26.6. The average Bonchev–Trinajstić information content (AvgIpc) is 3.14. The summed E-state index contributed by atoms with van der Waals surface area (Å²) in [5.74, 6) is 0.917. The lowest BCUT2D eigenvalue weighted by atomic mass is 10.1. The summed E-state index contributed by atoms with van der Waals surface area (Å²) in [6.45, 7) is 0. The number of carbonyl (C=O) groups excluding carboxylic acids is 2. The zero-order valence-corrected chi connectivity index (χ0v) is 19.2. The van der Waals surface area contributed by atoms with E-state index in [0.717, 1.165) is 22.4 Å². The number of nitrogens with zero attached hydrogens (tertiary/aromatic N) is 1. The topological polar surface area (TPSA) is 67.9 Å². The van der Waals surface area contributed by atoms with Gasteiger partial charge in [-0.1, -0.05) is 66.4 Å². The van der Waals surface area contributed by atoms with Gasteiger partial charge in [0.05, 0.1) is 25.5 Å². The second-order valence-corrected chi connectivity index (χ2v) is 8.52. The normalized spacial score (nSPS) is 16.7. The number of hydrogen-bond acceptors (Lipinski definition) is 5. The van der Waals surface area contributed by atoms with Gasteiger partial charge in [-0.25, -0.2) is 5.01 Å². The molecule has 3 aromatic carbocycles. The van der Waals surface area contributed by atoms with Crippen LogP contribution < -0.4 is 14.9 Å². The van der Waals surface area contributed by atoms with Crippen molar-refractivity contribution in [3.8, 4) is 11.5 Å². The Labute approximate surface area is 197 Å². The molecular formula is C26H24N2O4S. The van der Waals surface area contributed by atoms with E-state index in [1.165, 1.54) is 16.8 Å². The maximum absolute atomic E-state index is 13.3. The summed E-state index contributed by atoms with van der Waals surface area (Å²) in [6.07, 6.45) is 1.99. The van der Waals surface area contributed by atoms with Crippen molar-refractivity contribution in [2.75, 3.05) is 14.2 Å². The van der Waals surface area contributed by atoms with E-state index in [0.29, 0.717) is 10.7 Å². The van der Waals surface area contributed by atoms with Gasteiger partial charge >= 0.3 is 0 Å². The predicted octanol–water partition coefficient (Wildman–Crippen LogP) is 4.59. The van der Waals surface area contributed by atoms with Crippen LogP contribution in [0.4, 0.5) is 0 Å². The summed E-state index contributed by atoms with van der Waals surface area (Å²) in [5.41, 5.74) is 5.42. The number of methoxy groups -OCH3 is 2. The number of rotatable bonds is 7. The summed E-state index contributed by atoms with van der Waals surface area (Å²) < 4.78 is 10.5. The zero-order valence-electron chi connectivity index (χ0n) is 18.4. The first-order valence-electron chi connectivity index (χ1n) is 10.4. The van der Waals surface area contributed by atoms with Crippen LogP contribution in [-0.4, -0.2) is 31.0 Å². The van der Waals surface area contributed by atoms with Crippen LogP contribution in [0.15, 0.2) is 83.8 Å². The quantitative estimate of drug-likeness (QED) is 0.522. The number of ether oxygens (including phenoxy) is 2. The van der Waals surface area contributed by atoms with Crippen LogP contribution in [0.2, 0.25) is 0 Å². The third-order valence-corrected chi connectivity index (χ3v) is 6.40. The van der Waals surface area contributed by atoms with E-state index in [1.54, 1.807) is 14.2 Å². The fraction of sp³-hybridized carbons (Fsp3) is 0.154. The minimum absolute atomic E-state index is 0.180. The minimum atomic E-state index is -0.403. The molecule has 2 amide bonds. The van der Waals surface area contributed by atoms with Gasteiger partial charge in [-0.3, -0.25) is 15.0 Å². The fourth-order valence-corrected chi connectivity index (χ4v) is 4.67. The maximum atomic E-state index is 13.3. The van der Waals surface area contributed by atoms with E-state index in [1.807, 2.05) is 84.9 Å². The third kappa shape index (κ3) is 5.38. The number of amides is 2. The molecule has 1 heterocycles. The highest BCUT2D eigenvalue weighted by Crippen LogP contribution is 2.45. The molecule has 4 rings (SSSR count). The molecule has 1 aliphatic heterocycles. The molecule has 33 heavy (non-hydrogen) atoms. The number of hydrazine groups is 1. The van der Waals surface area contributed by atoms with Crippen molar-refractivity contribution in [2.45, 2.75) is 11.8 Å². The van der Waals surface area contributed by atoms with Crippen molar-refractivity contribution in [3.05, 3.63) is 100 Å². The Morgan fingerprint density at radius 1 is 0.970 bits per heavy atom. The van der Waals surface area contributed by atoms with E-state index < -0.39 is 5.37 Å². The highest BCUT2D eigenvalue weighted by atomic mass is 32.2. The van der Waals surface area contributed by atoms with Gasteiger partial charge in [-0.05, 0) is 47.0 Å². The highest BCUT2D eigenvalue weighted by molar-refractivity contribution is 8.04. The predicted molar refractivity (Wildman–Crippen MR) is 129 cm³/mol. The first-order chi connectivity index (χ1) is 16.1. The molecule has 1 N–H and O–H groups in total. The molecule has 0 aliphatic carbocycles. The minimum Gasteiger partial charge on any atom is -0.497 e. The molecule has 0 aromatic heterocycles. The van der Waals surface area contributed by atoms with Crippen molar-refractivity contribution < 1.29 is 19.1 Å². The van der Waals surface area contributed by atoms with E-state index in [-0.39, 0.29) is 18.2 Å². The molecule has 1 atom stereocenters. The summed E-state index contributed by atoms with van der Waals surface area (Å²) in [7, 11) is 3.21. The molecule has 0 radical (unpaired) electrons. The average molecular weight is 461 g/mol. The molecule has 168 valence electrons. The molecule has 0 saturated carbocycles. The SMILES string of the molecule is COc1ccc([C@H]2S/C(=C\c3cccc(OC)c3)C(=O)N2NC(=O)Cc2ccccc2)cc1. The Morgan fingerprint density at radius 3 is 2.39 bits per heavy atom. The van der Waals surface area contributed by atoms with Crippen LogP contribution in [0.3, 0.4) is 0 Å². The van der Waals surface area contributed by atoms with Gasteiger partial charge in [0.15, 0.2) is 0 Å². The Balaban J connectivity index is 1.61. The van der Waals surface area contributed by atoms with Crippen molar-refractivity contribution in [1.29, 1.82) is 0 Å². The van der Waals surface area contributed by atoms with Crippen LogP contribution in [0.5, 0.6) is 11.5 Å². The molecule has 1 fully saturated rings. The van der Waals surface area contributed by atoms with Gasteiger partial charge in [0, 0.05) is 0 Å². The number of carbonyl (C=O) groups is 2. The van der Waals surface area contributed by atoms with Gasteiger partial charge in [0.25, 0.3) is 5.91 Å². The van der Waals surface area contributed by atoms with Crippen molar-refractivity contribution in [3.63, 3.8) is 0 Å². The third-order valence-electron chi connectivity index (χ3n) is 5.15. The lowest BCUT2D eigenvalue weighted by Gasteiger charge is -2.24. The van der Waals surface area contributed by atoms with Crippen molar-refractivity contribution >= 4 is 29.7 Å². The first kappa shape index (κ1) is 22.5. The Morgan fingerprint density at radius 2 is 1.70 bits per heavy atom. The second kappa shape index (κ2) is 10.3. The molecular weight excluding hydrogens is 436 g/mol. The Hall–Kier alpha value is -3.71. The van der Waals surface area contributed by atoms with Gasteiger partial charge in [0.2, 0.25) is 5.91 Å². The molecule has 3 aromatic rings. The fourth-order valence-electron chi connectivity index (χ4n) is 3.48. The van der Waals surface area contributed by atoms with Crippen LogP contribution in [0, 0.1) is 0 Å². The van der Waals surface area contributed by atoms with Gasteiger partial charge in [0.1, 0.15) is 16.9 Å².